The van der Waals surface area contributed by atoms with Gasteiger partial charge in [0.2, 0.25) is 0 Å². The highest BCUT2D eigenvalue weighted by Crippen LogP contribution is 2.50. The fraction of sp³-hybridized carbons (Fsp3) is 0.222. The highest BCUT2D eigenvalue weighted by molar-refractivity contribution is 7.00. The predicted molar refractivity (Wildman–Crippen MR) is 234 cm³/mol. The van der Waals surface area contributed by atoms with Gasteiger partial charge in [-0.15, -0.1) is 0 Å². The number of carbonyl (C=O) groups is 1. The molecule has 0 fully saturated rings. The van der Waals surface area contributed by atoms with E-state index in [4.69, 9.17) is 31.4 Å². The average Bonchev–Trinajstić information content (AvgIpc) is 3.15. The van der Waals surface area contributed by atoms with E-state index in [1.54, 1.807) is 72.8 Å². The molecular weight excluding hydrogens is 725 g/mol. The first-order valence-corrected chi connectivity index (χ1v) is 19.2. The van der Waals surface area contributed by atoms with E-state index in [2.05, 4.69) is 0 Å². The van der Waals surface area contributed by atoms with Crippen LogP contribution in [-0.4, -0.2) is 50.8 Å². The zero-order chi connectivity index (χ0) is 41.6. The molecule has 9 rings (SSSR count). The van der Waals surface area contributed by atoms with Gasteiger partial charge in [-0.05, 0) is 74.5 Å². The summed E-state index contributed by atoms with van der Waals surface area (Å²) in [5, 5.41) is -2.73. The summed E-state index contributed by atoms with van der Waals surface area (Å²) in [6.45, 7) is 8.80. The van der Waals surface area contributed by atoms with Gasteiger partial charge in [-0.25, -0.2) is 22.4 Å². The number of hydrogen-bond acceptors (Lipinski definition) is 1. The molecule has 2 amide bonds. The number of nitrogens with zero attached hydrogens (tertiary/aromatic N) is 2. The molecule has 0 saturated carbocycles. The second-order valence-corrected chi connectivity index (χ2v) is 18.0. The van der Waals surface area contributed by atoms with E-state index < -0.39 is 64.0 Å². The van der Waals surface area contributed by atoms with Crippen molar-refractivity contribution in [1.29, 1.82) is 0 Å². The van der Waals surface area contributed by atoms with Gasteiger partial charge in [-0.1, -0.05) is 135 Å². The second kappa shape index (κ2) is 12.5. The van der Waals surface area contributed by atoms with Gasteiger partial charge in [0.1, 0.15) is 23.3 Å². The first-order valence-electron chi connectivity index (χ1n) is 19.2. The summed E-state index contributed by atoms with van der Waals surface area (Å²) in [4.78, 5) is 18.3. The van der Waals surface area contributed by atoms with Crippen LogP contribution in [0.4, 0.5) is 45.1 Å². The van der Waals surface area contributed by atoms with Crippen LogP contribution >= 0.6 is 0 Å². The average molecular weight is 760 g/mol. The molecule has 3 aliphatic heterocycles. The topological polar surface area (TPSA) is 23.6 Å². The molecule has 6 aromatic rings. The van der Waals surface area contributed by atoms with Gasteiger partial charge in [-0.2, -0.15) is 0 Å². The lowest BCUT2D eigenvalue weighted by Crippen LogP contribution is -2.66. The van der Waals surface area contributed by atoms with Crippen LogP contribution < -0.4 is 42.6 Å². The Bertz CT molecular complexity index is 2570. The van der Waals surface area contributed by atoms with Crippen LogP contribution in [0.2, 0.25) is 0 Å². The highest BCUT2D eigenvalue weighted by atomic mass is 19.1. The molecular formula is C45H34B6F4N2O. The molecule has 0 aliphatic carbocycles. The summed E-state index contributed by atoms with van der Waals surface area (Å²) in [6, 6.07) is 25.0. The lowest BCUT2D eigenvalue weighted by molar-refractivity contribution is 0.255. The van der Waals surface area contributed by atoms with Crippen molar-refractivity contribution in [2.75, 3.05) is 9.80 Å². The Kier molecular flexibility index (Phi) is 8.28. The van der Waals surface area contributed by atoms with Crippen LogP contribution in [0.15, 0.2) is 97.1 Å². The molecule has 3 nitrogen and oxygen atoms in total. The molecule has 276 valence electrons. The van der Waals surface area contributed by atoms with Crippen molar-refractivity contribution in [2.24, 2.45) is 10.8 Å². The standard InChI is InChI=1S/C45H34B6F4N2O/c1-42(2,3)44(46,47)24-19-30(54)35-32(21-24)56-39-34-23(17-28(52)37(39)50(35)26-13-9-7-10-14-26)18-29(53)38-40(34)57(41(56)58)33-22-25(45(48,49)43(4,5)6)20-31(55)36(33)51(38)27-15-11-8-12-16-27/h7-22H,1-6H3. The molecule has 0 unspecified atom stereocenters. The third kappa shape index (κ3) is 5.16. The molecule has 0 aromatic heterocycles. The van der Waals surface area contributed by atoms with Crippen molar-refractivity contribution < 1.29 is 22.4 Å². The third-order valence-corrected chi connectivity index (χ3v) is 12.7. The largest absolute Gasteiger partial charge is 0.338 e. The van der Waals surface area contributed by atoms with Crippen LogP contribution in [0.3, 0.4) is 0 Å². The molecule has 0 saturated heterocycles. The van der Waals surface area contributed by atoms with Gasteiger partial charge < -0.3 is 0 Å². The summed E-state index contributed by atoms with van der Waals surface area (Å²) >= 11 is 0. The van der Waals surface area contributed by atoms with Crippen molar-refractivity contribution in [3.05, 3.63) is 131 Å². The fourth-order valence-electron chi connectivity index (χ4n) is 8.99. The minimum absolute atomic E-state index is 0.0135. The number of anilines is 4. The van der Waals surface area contributed by atoms with Crippen LogP contribution in [0.25, 0.3) is 10.8 Å². The van der Waals surface area contributed by atoms with E-state index in [1.165, 1.54) is 34.1 Å². The summed E-state index contributed by atoms with van der Waals surface area (Å²) < 4.78 is 68.6. The summed E-state index contributed by atoms with van der Waals surface area (Å²) in [5.74, 6) is -3.04. The summed E-state index contributed by atoms with van der Waals surface area (Å²) in [5.41, 5.74) is 0.370. The van der Waals surface area contributed by atoms with E-state index in [-0.39, 0.29) is 61.1 Å². The number of urea groups is 1. The molecule has 3 heterocycles. The number of benzene rings is 6. The van der Waals surface area contributed by atoms with Gasteiger partial charge in [0.25, 0.3) is 13.4 Å². The SMILES string of the molecule is [B]C([B])(c1cc(F)c2c(c1)N1C(=O)N3c4cc(C([B])([B])C(C)(C)C)cc(F)c4B(c4ccccc4)c4c(F)cc5cc(F)c(c1c5c43)B2c1ccccc1)C(C)(C)C. The smallest absolute Gasteiger partial charge is 0.262 e. The van der Waals surface area contributed by atoms with Crippen LogP contribution in [0, 0.1) is 34.1 Å². The van der Waals surface area contributed by atoms with Crippen molar-refractivity contribution in [3.63, 3.8) is 0 Å². The molecule has 58 heavy (non-hydrogen) atoms. The number of halogens is 4. The quantitative estimate of drug-likeness (QED) is 0.171. The minimum Gasteiger partial charge on any atom is -0.262 e. The van der Waals surface area contributed by atoms with Crippen LogP contribution in [-0.2, 0) is 10.4 Å². The van der Waals surface area contributed by atoms with Crippen LogP contribution in [0.5, 0.6) is 0 Å². The van der Waals surface area contributed by atoms with Crippen molar-refractivity contribution in [1.82, 2.24) is 0 Å². The van der Waals surface area contributed by atoms with Gasteiger partial charge in [0.15, 0.2) is 0 Å². The number of carbonyl (C=O) groups excluding carboxylic acids is 1. The fourth-order valence-corrected chi connectivity index (χ4v) is 8.99. The zero-order valence-corrected chi connectivity index (χ0v) is 33.0. The Hall–Kier alpha value is -5.04. The molecule has 0 N–H and O–H groups in total. The Morgan fingerprint density at radius 3 is 1.19 bits per heavy atom. The summed E-state index contributed by atoms with van der Waals surface area (Å²) in [7, 11) is 27.1. The molecule has 0 atom stereocenters. The molecule has 3 aliphatic rings. The first-order chi connectivity index (χ1) is 27.2. The third-order valence-electron chi connectivity index (χ3n) is 12.7. The number of amides is 2. The molecule has 0 bridgehead atoms. The number of fused-ring (bicyclic) bond motifs is 4. The summed E-state index contributed by atoms with van der Waals surface area (Å²) in [6.07, 6.45) is 0. The maximum absolute atomic E-state index is 17.2. The minimum atomic E-state index is -1.60. The normalized spacial score (nSPS) is 14.9. The monoisotopic (exact) mass is 760 g/mol. The maximum atomic E-state index is 17.2. The molecule has 13 heteroatoms. The van der Waals surface area contributed by atoms with E-state index in [9.17, 15) is 0 Å². The van der Waals surface area contributed by atoms with Gasteiger partial charge >= 0.3 is 6.03 Å². The van der Waals surface area contributed by atoms with Gasteiger partial charge in [-0.3, -0.25) is 9.80 Å². The Morgan fingerprint density at radius 2 is 0.845 bits per heavy atom. The predicted octanol–water partition coefficient (Wildman–Crippen LogP) is 5.54. The molecule has 0 spiro atoms. The van der Waals surface area contributed by atoms with E-state index >= 15 is 22.4 Å². The first kappa shape index (κ1) is 38.5. The van der Waals surface area contributed by atoms with E-state index in [0.717, 1.165) is 0 Å². The van der Waals surface area contributed by atoms with Gasteiger partial charge in [0, 0.05) is 16.8 Å². The highest BCUT2D eigenvalue weighted by Gasteiger charge is 2.52. The van der Waals surface area contributed by atoms with Crippen molar-refractivity contribution in [3.8, 4) is 0 Å². The number of rotatable bonds is 4. The second-order valence-electron chi connectivity index (χ2n) is 18.0. The Labute approximate surface area is 342 Å². The van der Waals surface area contributed by atoms with Gasteiger partial charge in [0.05, 0.1) is 42.8 Å². The van der Waals surface area contributed by atoms with Crippen LogP contribution in [0.1, 0.15) is 52.7 Å². The Morgan fingerprint density at radius 1 is 0.500 bits per heavy atom. The van der Waals surface area contributed by atoms with Crippen molar-refractivity contribution >= 4 is 117 Å². The zero-order valence-electron chi connectivity index (χ0n) is 33.0. The lowest BCUT2D eigenvalue weighted by atomic mass is 9.33. The van der Waals surface area contributed by atoms with Crippen molar-refractivity contribution in [2.45, 2.75) is 52.0 Å². The van der Waals surface area contributed by atoms with E-state index in [1.807, 2.05) is 41.5 Å². The lowest BCUT2D eigenvalue weighted by Gasteiger charge is -2.48. The Balaban J connectivity index is 1.47. The number of hydrogen-bond donors (Lipinski definition) is 0. The maximum Gasteiger partial charge on any atom is 0.338 e. The molecule has 8 radical (unpaired) electrons. The molecule has 6 aromatic carbocycles. The van der Waals surface area contributed by atoms with E-state index in [0.29, 0.717) is 16.3 Å².